The van der Waals surface area contributed by atoms with Crippen LogP contribution in [-0.2, 0) is 6.42 Å². The fourth-order valence-electron chi connectivity index (χ4n) is 4.93. The number of nitrogens with zero attached hydrogens (tertiary/aromatic N) is 4. The lowest BCUT2D eigenvalue weighted by molar-refractivity contribution is -0.0834. The summed E-state index contributed by atoms with van der Waals surface area (Å²) < 4.78 is 0. The lowest BCUT2D eigenvalue weighted by Gasteiger charge is -2.60. The molecular formula is C22H22ClN5O3. The molecule has 1 unspecified atom stereocenters. The SMILES string of the molecule is O=C(O)N1CCC2(CC1)CN(C(=O)c1ccc3n[nH]nc3c1)C2Cc1ccc(Cl)cc1. The first-order valence-corrected chi connectivity index (χ1v) is 10.7. The van der Waals surface area contributed by atoms with Crippen LogP contribution in [0.1, 0.15) is 28.8 Å². The van der Waals surface area contributed by atoms with Crippen molar-refractivity contribution in [2.45, 2.75) is 25.3 Å². The third-order valence-electron chi connectivity index (χ3n) is 6.76. The molecule has 2 aliphatic heterocycles. The van der Waals surface area contributed by atoms with Crippen LogP contribution in [0, 0.1) is 5.41 Å². The zero-order chi connectivity index (χ0) is 21.6. The Balaban J connectivity index is 1.41. The number of carbonyl (C=O) groups excluding carboxylic acids is 1. The van der Waals surface area contributed by atoms with Gasteiger partial charge in [0.15, 0.2) is 0 Å². The molecule has 3 heterocycles. The number of fused-ring (bicyclic) bond motifs is 1. The second-order valence-corrected chi connectivity index (χ2v) is 8.87. The number of H-pyrrole nitrogens is 1. The van der Waals surface area contributed by atoms with Gasteiger partial charge in [-0.25, -0.2) is 4.79 Å². The summed E-state index contributed by atoms with van der Waals surface area (Å²) >= 11 is 6.04. The third-order valence-corrected chi connectivity index (χ3v) is 7.02. The minimum atomic E-state index is -0.878. The monoisotopic (exact) mass is 439 g/mol. The Bertz CT molecular complexity index is 1140. The summed E-state index contributed by atoms with van der Waals surface area (Å²) in [5.74, 6) is -0.0323. The highest BCUT2D eigenvalue weighted by molar-refractivity contribution is 6.30. The van der Waals surface area contributed by atoms with Gasteiger partial charge in [0.1, 0.15) is 11.0 Å². The molecule has 5 rings (SSSR count). The van der Waals surface area contributed by atoms with Gasteiger partial charge >= 0.3 is 6.09 Å². The van der Waals surface area contributed by atoms with E-state index in [4.69, 9.17) is 11.6 Å². The molecule has 0 radical (unpaired) electrons. The first-order chi connectivity index (χ1) is 14.9. The van der Waals surface area contributed by atoms with E-state index in [1.807, 2.05) is 29.2 Å². The highest BCUT2D eigenvalue weighted by Crippen LogP contribution is 2.48. The Labute approximate surface area is 183 Å². The van der Waals surface area contributed by atoms with E-state index in [0.717, 1.165) is 23.9 Å². The van der Waals surface area contributed by atoms with Gasteiger partial charge in [0.05, 0.1) is 0 Å². The highest BCUT2D eigenvalue weighted by atomic mass is 35.5. The van der Waals surface area contributed by atoms with Gasteiger partial charge in [-0.1, -0.05) is 23.7 Å². The topological polar surface area (TPSA) is 102 Å². The first-order valence-electron chi connectivity index (χ1n) is 10.3. The van der Waals surface area contributed by atoms with E-state index in [0.29, 0.717) is 42.2 Å². The summed E-state index contributed by atoms with van der Waals surface area (Å²) in [7, 11) is 0. The maximum atomic E-state index is 13.4. The van der Waals surface area contributed by atoms with Crippen LogP contribution in [0.15, 0.2) is 42.5 Å². The van der Waals surface area contributed by atoms with Crippen molar-refractivity contribution in [3.8, 4) is 0 Å². The second kappa shape index (κ2) is 7.53. The zero-order valence-electron chi connectivity index (χ0n) is 16.8. The maximum absolute atomic E-state index is 13.4. The summed E-state index contributed by atoms with van der Waals surface area (Å²) in [6, 6.07) is 13.0. The number of carboxylic acid groups (broad SMARTS) is 1. The van der Waals surface area contributed by atoms with Gasteiger partial charge in [-0.3, -0.25) is 4.79 Å². The number of nitrogens with one attached hydrogen (secondary N) is 1. The van der Waals surface area contributed by atoms with E-state index >= 15 is 0 Å². The normalized spacial score (nSPS) is 20.1. The fraction of sp³-hybridized carbons (Fsp3) is 0.364. The lowest BCUT2D eigenvalue weighted by Crippen LogP contribution is -2.69. The summed E-state index contributed by atoms with van der Waals surface area (Å²) in [4.78, 5) is 28.1. The summed E-state index contributed by atoms with van der Waals surface area (Å²) in [6.45, 7) is 1.63. The molecule has 2 aromatic carbocycles. The molecule has 3 aromatic rings. The molecule has 2 aliphatic rings. The summed E-state index contributed by atoms with van der Waals surface area (Å²) in [5.41, 5.74) is 3.00. The van der Waals surface area contributed by atoms with Crippen LogP contribution in [-0.4, -0.2) is 68.0 Å². The van der Waals surface area contributed by atoms with Crippen molar-refractivity contribution in [3.63, 3.8) is 0 Å². The number of likely N-dealkylation sites (tertiary alicyclic amines) is 2. The fourth-order valence-corrected chi connectivity index (χ4v) is 5.06. The number of carbonyl (C=O) groups is 2. The number of piperidine rings is 1. The molecule has 2 amide bonds. The van der Waals surface area contributed by atoms with Gasteiger partial charge < -0.3 is 14.9 Å². The highest BCUT2D eigenvalue weighted by Gasteiger charge is 2.55. The molecule has 31 heavy (non-hydrogen) atoms. The van der Waals surface area contributed by atoms with Crippen molar-refractivity contribution in [2.24, 2.45) is 5.41 Å². The minimum absolute atomic E-state index is 0.00475. The van der Waals surface area contributed by atoms with E-state index in [1.54, 1.807) is 18.2 Å². The van der Waals surface area contributed by atoms with Crippen LogP contribution >= 0.6 is 11.6 Å². The van der Waals surface area contributed by atoms with Crippen molar-refractivity contribution >= 4 is 34.6 Å². The number of halogens is 1. The first kappa shape index (κ1) is 19.8. The zero-order valence-corrected chi connectivity index (χ0v) is 17.5. The number of amides is 2. The van der Waals surface area contributed by atoms with Crippen LogP contribution in [0.4, 0.5) is 4.79 Å². The molecule has 2 fully saturated rings. The number of hydrogen-bond acceptors (Lipinski definition) is 4. The Morgan fingerprint density at radius 3 is 2.52 bits per heavy atom. The summed E-state index contributed by atoms with van der Waals surface area (Å²) in [5, 5.41) is 20.7. The molecule has 0 saturated carbocycles. The van der Waals surface area contributed by atoms with Crippen molar-refractivity contribution in [1.82, 2.24) is 25.2 Å². The average molecular weight is 440 g/mol. The van der Waals surface area contributed by atoms with Crippen molar-refractivity contribution in [3.05, 3.63) is 58.6 Å². The summed E-state index contributed by atoms with van der Waals surface area (Å²) in [6.07, 6.45) is 1.34. The quantitative estimate of drug-likeness (QED) is 0.650. The molecule has 0 bridgehead atoms. The maximum Gasteiger partial charge on any atom is 0.407 e. The Morgan fingerprint density at radius 1 is 1.10 bits per heavy atom. The van der Waals surface area contributed by atoms with E-state index in [2.05, 4.69) is 15.4 Å². The van der Waals surface area contributed by atoms with Gasteiger partial charge in [0.25, 0.3) is 5.91 Å². The molecule has 9 heteroatoms. The lowest BCUT2D eigenvalue weighted by atomic mass is 9.63. The Hall–Kier alpha value is -3.13. The molecule has 1 spiro atoms. The second-order valence-electron chi connectivity index (χ2n) is 8.44. The molecule has 1 aromatic heterocycles. The minimum Gasteiger partial charge on any atom is -0.465 e. The number of aromatic amines is 1. The molecule has 8 nitrogen and oxygen atoms in total. The van der Waals surface area contributed by atoms with Gasteiger partial charge in [-0.05, 0) is 55.2 Å². The van der Waals surface area contributed by atoms with Crippen LogP contribution in [0.5, 0.6) is 0 Å². The predicted octanol–water partition coefficient (Wildman–Crippen LogP) is 3.44. The molecule has 1 atom stereocenters. The average Bonchev–Trinajstić information content (AvgIpc) is 3.25. The smallest absolute Gasteiger partial charge is 0.407 e. The van der Waals surface area contributed by atoms with E-state index in [9.17, 15) is 14.7 Å². The standard InChI is InChI=1S/C22H22ClN5O3/c23-16-4-1-14(2-5-16)11-19-22(7-9-27(10-8-22)21(30)31)13-28(19)20(29)15-3-6-17-18(12-15)25-26-24-17/h1-6,12,19H,7-11,13H2,(H,30,31)(H,24,25,26). The molecule has 160 valence electrons. The predicted molar refractivity (Wildman–Crippen MR) is 115 cm³/mol. The van der Waals surface area contributed by atoms with Gasteiger partial charge in [0.2, 0.25) is 0 Å². The van der Waals surface area contributed by atoms with Crippen LogP contribution in [0.25, 0.3) is 11.0 Å². The van der Waals surface area contributed by atoms with Gasteiger partial charge in [-0.15, -0.1) is 0 Å². The molecule has 2 N–H and O–H groups in total. The number of benzene rings is 2. The van der Waals surface area contributed by atoms with Crippen LogP contribution in [0.3, 0.4) is 0 Å². The number of hydrogen-bond donors (Lipinski definition) is 2. The van der Waals surface area contributed by atoms with Gasteiger partial charge in [-0.2, -0.15) is 15.4 Å². The van der Waals surface area contributed by atoms with Crippen molar-refractivity contribution < 1.29 is 14.7 Å². The molecular weight excluding hydrogens is 418 g/mol. The van der Waals surface area contributed by atoms with Gasteiger partial charge in [0, 0.05) is 41.7 Å². The largest absolute Gasteiger partial charge is 0.465 e. The third kappa shape index (κ3) is 3.50. The van der Waals surface area contributed by atoms with E-state index in [1.165, 1.54) is 4.90 Å². The Kier molecular flexibility index (Phi) is 4.81. The van der Waals surface area contributed by atoms with Crippen LogP contribution in [0.2, 0.25) is 5.02 Å². The van der Waals surface area contributed by atoms with E-state index < -0.39 is 6.09 Å². The molecule has 0 aliphatic carbocycles. The number of aromatic nitrogens is 3. The van der Waals surface area contributed by atoms with Crippen LogP contribution < -0.4 is 0 Å². The van der Waals surface area contributed by atoms with Crippen molar-refractivity contribution in [1.29, 1.82) is 0 Å². The van der Waals surface area contributed by atoms with E-state index in [-0.39, 0.29) is 17.4 Å². The Morgan fingerprint density at radius 2 is 1.81 bits per heavy atom. The van der Waals surface area contributed by atoms with Crippen molar-refractivity contribution in [2.75, 3.05) is 19.6 Å². The number of rotatable bonds is 3. The molecule has 2 saturated heterocycles.